The summed E-state index contributed by atoms with van der Waals surface area (Å²) < 4.78 is 7.42. The molecule has 0 saturated heterocycles. The highest BCUT2D eigenvalue weighted by atomic mass is 16.5. The molecule has 0 unspecified atom stereocenters. The van der Waals surface area contributed by atoms with Crippen molar-refractivity contribution in [2.24, 2.45) is 0 Å². The first kappa shape index (κ1) is 20.2. The molecule has 0 atom stereocenters. The van der Waals surface area contributed by atoms with Crippen LogP contribution in [0.3, 0.4) is 0 Å². The smallest absolute Gasteiger partial charge is 0.330 e. The molecule has 0 bridgehead atoms. The maximum Gasteiger partial charge on any atom is 0.330 e. The van der Waals surface area contributed by atoms with Crippen LogP contribution in [0.5, 0.6) is 11.5 Å². The summed E-state index contributed by atoms with van der Waals surface area (Å²) in [6.07, 6.45) is 5.06. The minimum atomic E-state index is -0.597. The number of benzene rings is 1. The van der Waals surface area contributed by atoms with Crippen LogP contribution in [0.2, 0.25) is 0 Å². The minimum absolute atomic E-state index is 0.151. The lowest BCUT2D eigenvalue weighted by atomic mass is 10.2. The highest BCUT2D eigenvalue weighted by Crippen LogP contribution is 2.28. The number of ether oxygens (including phenoxy) is 1. The van der Waals surface area contributed by atoms with Crippen molar-refractivity contribution in [1.29, 1.82) is 0 Å². The number of amides is 5. The Labute approximate surface area is 178 Å². The average Bonchev–Trinajstić information content (AvgIpc) is 3.48. The van der Waals surface area contributed by atoms with Crippen molar-refractivity contribution in [1.82, 2.24) is 25.5 Å². The predicted octanol–water partition coefficient (Wildman–Crippen LogP) is 3.03. The maximum absolute atomic E-state index is 12.3. The van der Waals surface area contributed by atoms with E-state index in [2.05, 4.69) is 20.9 Å². The van der Waals surface area contributed by atoms with Crippen molar-refractivity contribution in [2.45, 2.75) is 18.9 Å². The molecule has 4 rings (SSSR count). The summed E-state index contributed by atoms with van der Waals surface area (Å²) in [6.45, 7) is 0. The molecule has 0 radical (unpaired) electrons. The first-order valence-corrected chi connectivity index (χ1v) is 9.77. The Morgan fingerprint density at radius 1 is 1.13 bits per heavy atom. The molecule has 31 heavy (non-hydrogen) atoms. The molecular weight excluding hydrogens is 400 g/mol. The third-order valence-corrected chi connectivity index (χ3v) is 4.83. The number of nitrogens with zero attached hydrogens (tertiary/aromatic N) is 3. The van der Waals surface area contributed by atoms with E-state index in [0.29, 0.717) is 17.3 Å². The summed E-state index contributed by atoms with van der Waals surface area (Å²) in [5, 5.41) is 8.40. The van der Waals surface area contributed by atoms with E-state index in [9.17, 15) is 14.4 Å². The number of fused-ring (bicyclic) bond motifs is 1. The lowest BCUT2D eigenvalue weighted by Crippen LogP contribution is -2.46. The van der Waals surface area contributed by atoms with Crippen molar-refractivity contribution in [2.75, 3.05) is 19.0 Å². The van der Waals surface area contributed by atoms with Crippen LogP contribution >= 0.6 is 0 Å². The molecule has 10 nitrogen and oxygen atoms in total. The number of nitrogens with one attached hydrogen (secondary N) is 3. The van der Waals surface area contributed by atoms with Crippen molar-refractivity contribution < 1.29 is 19.1 Å². The lowest BCUT2D eigenvalue weighted by molar-refractivity contribution is 0.230. The second kappa shape index (κ2) is 8.34. The number of hydrogen-bond acceptors (Lipinski definition) is 5. The zero-order valence-electron chi connectivity index (χ0n) is 17.1. The van der Waals surface area contributed by atoms with E-state index in [0.717, 1.165) is 23.7 Å². The third-order valence-electron chi connectivity index (χ3n) is 4.83. The molecule has 0 aliphatic heterocycles. The molecule has 3 N–H and O–H groups in total. The summed E-state index contributed by atoms with van der Waals surface area (Å²) in [7, 11) is 3.09. The Bertz CT molecular complexity index is 1150. The largest absolute Gasteiger partial charge is 0.457 e. The summed E-state index contributed by atoms with van der Waals surface area (Å²) in [4.78, 5) is 41.4. The van der Waals surface area contributed by atoms with Gasteiger partial charge in [0.1, 0.15) is 17.3 Å². The van der Waals surface area contributed by atoms with Crippen LogP contribution in [0.1, 0.15) is 12.8 Å². The lowest BCUT2D eigenvalue weighted by Gasteiger charge is -2.17. The number of pyridine rings is 1. The zero-order valence-corrected chi connectivity index (χ0v) is 17.1. The Balaban J connectivity index is 1.46. The molecule has 5 amide bonds. The fourth-order valence-corrected chi connectivity index (χ4v) is 3.00. The molecule has 1 fully saturated rings. The number of aromatic nitrogens is 2. The molecule has 1 aliphatic carbocycles. The Morgan fingerprint density at radius 3 is 2.65 bits per heavy atom. The van der Waals surface area contributed by atoms with Gasteiger partial charge >= 0.3 is 18.1 Å². The average molecular weight is 422 g/mol. The van der Waals surface area contributed by atoms with Gasteiger partial charge in [0, 0.05) is 44.0 Å². The van der Waals surface area contributed by atoms with Gasteiger partial charge in [0.05, 0.1) is 5.52 Å². The van der Waals surface area contributed by atoms with Gasteiger partial charge in [-0.2, -0.15) is 0 Å². The number of urea groups is 2. The Kier molecular flexibility index (Phi) is 5.44. The standard InChI is InChI=1S/C21H22N6O4/c1-22-20(29)27-10-8-13-11-15(5-6-17(13)27)31-16-7-9-23-18(12-16)26(2)21(30)25-19(28)24-14-3-4-14/h5-12,14H,3-4H2,1-2H3,(H,22,29)(H2,24,25,28,30). The van der Waals surface area contributed by atoms with Crippen LogP contribution in [-0.4, -0.2) is 47.8 Å². The second-order valence-corrected chi connectivity index (χ2v) is 7.15. The van der Waals surface area contributed by atoms with Crippen molar-refractivity contribution in [3.63, 3.8) is 0 Å². The van der Waals surface area contributed by atoms with Crippen molar-refractivity contribution in [3.8, 4) is 11.5 Å². The highest BCUT2D eigenvalue weighted by molar-refractivity contribution is 6.01. The zero-order chi connectivity index (χ0) is 22.0. The summed E-state index contributed by atoms with van der Waals surface area (Å²) >= 11 is 0. The van der Waals surface area contributed by atoms with Gasteiger partial charge in [-0.3, -0.25) is 14.8 Å². The van der Waals surface area contributed by atoms with Crippen molar-refractivity contribution in [3.05, 3.63) is 48.8 Å². The van der Waals surface area contributed by atoms with Gasteiger partial charge in [0.25, 0.3) is 0 Å². The van der Waals surface area contributed by atoms with Gasteiger partial charge in [-0.15, -0.1) is 0 Å². The molecule has 10 heteroatoms. The maximum atomic E-state index is 12.3. The monoisotopic (exact) mass is 422 g/mol. The summed E-state index contributed by atoms with van der Waals surface area (Å²) in [5.74, 6) is 1.36. The highest BCUT2D eigenvalue weighted by Gasteiger charge is 2.25. The van der Waals surface area contributed by atoms with Crippen LogP contribution in [0, 0.1) is 0 Å². The number of rotatable bonds is 4. The van der Waals surface area contributed by atoms with Crippen molar-refractivity contribution >= 4 is 34.8 Å². The fourth-order valence-electron chi connectivity index (χ4n) is 3.00. The minimum Gasteiger partial charge on any atom is -0.457 e. The van der Waals surface area contributed by atoms with Crippen LogP contribution in [0.4, 0.5) is 20.2 Å². The van der Waals surface area contributed by atoms with E-state index < -0.39 is 12.1 Å². The summed E-state index contributed by atoms with van der Waals surface area (Å²) in [6, 6.07) is 9.23. The van der Waals surface area contributed by atoms with Crippen LogP contribution in [0.15, 0.2) is 48.8 Å². The molecule has 0 spiro atoms. The van der Waals surface area contributed by atoms with E-state index in [1.165, 1.54) is 22.7 Å². The molecule has 1 aliphatic rings. The third kappa shape index (κ3) is 4.58. The summed E-state index contributed by atoms with van der Waals surface area (Å²) in [5.41, 5.74) is 0.753. The SMILES string of the molecule is CNC(=O)n1ccc2cc(Oc3ccnc(N(C)C(=O)NC(=O)NC4CC4)c3)ccc21. The quantitative estimate of drug-likeness (QED) is 0.597. The second-order valence-electron chi connectivity index (χ2n) is 7.15. The number of imide groups is 1. The molecule has 160 valence electrons. The van der Waals surface area contributed by atoms with Gasteiger partial charge in [-0.1, -0.05) is 0 Å². The molecule has 3 aromatic rings. The van der Waals surface area contributed by atoms with Gasteiger partial charge in [0.15, 0.2) is 0 Å². The number of carbonyl (C=O) groups is 3. The Morgan fingerprint density at radius 2 is 1.90 bits per heavy atom. The fraction of sp³-hybridized carbons (Fsp3) is 0.238. The van der Waals surface area contributed by atoms with Gasteiger partial charge in [-0.05, 0) is 43.2 Å². The van der Waals surface area contributed by atoms with E-state index in [1.54, 1.807) is 37.5 Å². The first-order valence-electron chi connectivity index (χ1n) is 9.77. The van der Waals surface area contributed by atoms with E-state index >= 15 is 0 Å². The molecule has 2 heterocycles. The van der Waals surface area contributed by atoms with Crippen LogP contribution in [-0.2, 0) is 0 Å². The van der Waals surface area contributed by atoms with Gasteiger partial charge in [0.2, 0.25) is 0 Å². The molecule has 2 aromatic heterocycles. The molecule has 1 saturated carbocycles. The van der Waals surface area contributed by atoms with E-state index in [4.69, 9.17) is 4.74 Å². The van der Waals surface area contributed by atoms with Crippen LogP contribution < -0.4 is 25.6 Å². The number of carbonyl (C=O) groups excluding carboxylic acids is 3. The Hall–Kier alpha value is -4.08. The number of anilines is 1. The van der Waals surface area contributed by atoms with E-state index in [1.807, 2.05) is 12.1 Å². The normalized spacial score (nSPS) is 12.8. The molecule has 1 aromatic carbocycles. The first-order chi connectivity index (χ1) is 14.9. The predicted molar refractivity (Wildman–Crippen MR) is 115 cm³/mol. The number of hydrogen-bond donors (Lipinski definition) is 3. The van der Waals surface area contributed by atoms with Gasteiger partial charge in [-0.25, -0.2) is 19.4 Å². The van der Waals surface area contributed by atoms with Crippen LogP contribution in [0.25, 0.3) is 10.9 Å². The topological polar surface area (TPSA) is 118 Å². The van der Waals surface area contributed by atoms with E-state index in [-0.39, 0.29) is 12.1 Å². The molecular formula is C21H22N6O4. The van der Waals surface area contributed by atoms with Gasteiger partial charge < -0.3 is 15.4 Å².